The Labute approximate surface area is 171 Å². The summed E-state index contributed by atoms with van der Waals surface area (Å²) in [5.74, 6) is -0.303. The van der Waals surface area contributed by atoms with Gasteiger partial charge in [-0.2, -0.15) is 0 Å². The number of nitrogens with one attached hydrogen (secondary N) is 4. The van der Waals surface area contributed by atoms with Gasteiger partial charge >= 0.3 is 0 Å². The molecule has 8 heteroatoms. The Kier molecular flexibility index (Phi) is 4.97. The van der Waals surface area contributed by atoms with Crippen molar-refractivity contribution in [3.8, 4) is 0 Å². The number of H-pyrrole nitrogens is 1. The average Bonchev–Trinajstić information content (AvgIpc) is 3.17. The van der Waals surface area contributed by atoms with E-state index in [4.69, 9.17) is 17.0 Å². The summed E-state index contributed by atoms with van der Waals surface area (Å²) in [5.41, 5.74) is 3.79. The van der Waals surface area contributed by atoms with Crippen LogP contribution in [0.5, 0.6) is 0 Å². The molecule has 4 N–H and O–H groups in total. The largest absolute Gasteiger partial charge is 0.388 e. The molecule has 4 aromatic rings. The fourth-order valence-corrected chi connectivity index (χ4v) is 3.16. The highest BCUT2D eigenvalue weighted by Gasteiger charge is 2.18. The van der Waals surface area contributed by atoms with E-state index in [9.17, 15) is 4.79 Å². The molecule has 2 aromatic carbocycles. The zero-order valence-corrected chi connectivity index (χ0v) is 16.2. The van der Waals surface area contributed by atoms with Crippen LogP contribution in [0.1, 0.15) is 21.6 Å². The number of carbonyl (C=O) groups is 1. The summed E-state index contributed by atoms with van der Waals surface area (Å²) in [6, 6.07) is 14.4. The monoisotopic (exact) mass is 404 g/mol. The van der Waals surface area contributed by atoms with Crippen LogP contribution in [-0.2, 0) is 0 Å². The van der Waals surface area contributed by atoms with Crippen molar-refractivity contribution in [1.29, 1.82) is 5.41 Å². The maximum atomic E-state index is 12.7. The maximum Gasteiger partial charge on any atom is 0.259 e. The molecule has 0 saturated heterocycles. The van der Waals surface area contributed by atoms with E-state index in [0.717, 1.165) is 0 Å². The van der Waals surface area contributed by atoms with Crippen LogP contribution in [0.4, 0.5) is 11.4 Å². The van der Waals surface area contributed by atoms with Crippen LogP contribution >= 0.6 is 11.6 Å². The van der Waals surface area contributed by atoms with Crippen molar-refractivity contribution < 1.29 is 4.79 Å². The minimum Gasteiger partial charge on any atom is -0.388 e. The summed E-state index contributed by atoms with van der Waals surface area (Å²) in [6.45, 7) is 0. The number of aromatic nitrogens is 3. The Morgan fingerprint density at radius 2 is 1.93 bits per heavy atom. The molecule has 0 saturated carbocycles. The van der Waals surface area contributed by atoms with Crippen LogP contribution in [0.15, 0.2) is 60.9 Å². The lowest BCUT2D eigenvalue weighted by molar-refractivity contribution is 0.102. The number of rotatable bonds is 5. The second-order valence-electron chi connectivity index (χ2n) is 6.29. The first-order valence-electron chi connectivity index (χ1n) is 8.84. The van der Waals surface area contributed by atoms with Gasteiger partial charge in [-0.3, -0.25) is 10.2 Å². The molecule has 29 heavy (non-hydrogen) atoms. The molecule has 4 rings (SSSR count). The van der Waals surface area contributed by atoms with Crippen molar-refractivity contribution in [2.24, 2.45) is 0 Å². The van der Waals surface area contributed by atoms with E-state index < -0.39 is 0 Å². The topological polar surface area (TPSA) is 107 Å². The molecule has 0 unspecified atom stereocenters. The minimum absolute atomic E-state index is 0.177. The number of anilines is 2. The fraction of sp³-hybridized carbons (Fsp3) is 0.0476. The third-order valence-corrected chi connectivity index (χ3v) is 4.67. The van der Waals surface area contributed by atoms with Crippen LogP contribution < -0.4 is 10.6 Å². The first-order chi connectivity index (χ1) is 14.1. The Balaban J connectivity index is 1.70. The lowest BCUT2D eigenvalue weighted by atomic mass is 10.1. The van der Waals surface area contributed by atoms with Gasteiger partial charge in [-0.05, 0) is 30.3 Å². The number of carbonyl (C=O) groups excluding carboxylic acids is 1. The highest BCUT2D eigenvalue weighted by Crippen LogP contribution is 2.24. The quantitative estimate of drug-likeness (QED) is 0.371. The first kappa shape index (κ1) is 18.6. The van der Waals surface area contributed by atoms with E-state index in [0.29, 0.717) is 44.4 Å². The first-order valence-corrected chi connectivity index (χ1v) is 9.21. The van der Waals surface area contributed by atoms with E-state index >= 15 is 0 Å². The standard InChI is InChI=1S/C21H17ClN6O/c1-24-16-9-12(22)7-8-14(16)18(23)17-11-26-20-19(28-17)15(10-25-20)21(29)27-13-5-3-2-4-6-13/h2-11,23-24H,1H3,(H,25,26)(H,27,29). The molecule has 1 amide bonds. The SMILES string of the molecule is CNc1cc(Cl)ccc1C(=N)c1cnc2[nH]cc(C(=O)Nc3ccccc3)c2n1. The number of hydrogen-bond acceptors (Lipinski definition) is 5. The van der Waals surface area contributed by atoms with Gasteiger partial charge in [-0.15, -0.1) is 0 Å². The van der Waals surface area contributed by atoms with Crippen molar-refractivity contribution in [1.82, 2.24) is 15.0 Å². The van der Waals surface area contributed by atoms with Gasteiger partial charge in [0, 0.05) is 35.2 Å². The van der Waals surface area contributed by atoms with E-state index in [1.54, 1.807) is 43.6 Å². The molecule has 0 radical (unpaired) electrons. The summed E-state index contributed by atoms with van der Waals surface area (Å²) < 4.78 is 0. The van der Waals surface area contributed by atoms with Gasteiger partial charge in [0.25, 0.3) is 5.91 Å². The lowest BCUT2D eigenvalue weighted by Gasteiger charge is -2.10. The number of halogens is 1. The van der Waals surface area contributed by atoms with Crippen LogP contribution in [0.2, 0.25) is 5.02 Å². The highest BCUT2D eigenvalue weighted by atomic mass is 35.5. The molecule has 0 atom stereocenters. The van der Waals surface area contributed by atoms with E-state index in [2.05, 4.69) is 25.6 Å². The molecule has 0 aliphatic rings. The molecule has 0 fully saturated rings. The summed E-state index contributed by atoms with van der Waals surface area (Å²) in [7, 11) is 1.76. The number of aromatic amines is 1. The second kappa shape index (κ2) is 7.73. The van der Waals surface area contributed by atoms with Gasteiger partial charge in [-0.25, -0.2) is 9.97 Å². The van der Waals surface area contributed by atoms with Gasteiger partial charge in [-0.1, -0.05) is 29.8 Å². The molecule has 7 nitrogen and oxygen atoms in total. The van der Waals surface area contributed by atoms with E-state index in [-0.39, 0.29) is 11.6 Å². The number of para-hydroxylation sites is 1. The molecular weight excluding hydrogens is 388 g/mol. The van der Waals surface area contributed by atoms with Crippen molar-refractivity contribution in [2.75, 3.05) is 17.7 Å². The third-order valence-electron chi connectivity index (χ3n) is 4.43. The van der Waals surface area contributed by atoms with Crippen molar-refractivity contribution in [2.45, 2.75) is 0 Å². The van der Waals surface area contributed by atoms with Crippen LogP contribution in [0.25, 0.3) is 11.2 Å². The molecule has 0 bridgehead atoms. The normalized spacial score (nSPS) is 10.7. The van der Waals surface area contributed by atoms with Crippen molar-refractivity contribution >= 4 is 45.8 Å². The number of amides is 1. The Morgan fingerprint density at radius 1 is 1.14 bits per heavy atom. The molecule has 2 heterocycles. The number of hydrogen-bond donors (Lipinski definition) is 4. The number of fused-ring (bicyclic) bond motifs is 1. The van der Waals surface area contributed by atoms with Gasteiger partial charge in [0.2, 0.25) is 0 Å². The number of benzene rings is 2. The molecule has 0 spiro atoms. The summed E-state index contributed by atoms with van der Waals surface area (Å²) in [6.07, 6.45) is 3.08. The van der Waals surface area contributed by atoms with Gasteiger partial charge in [0.05, 0.1) is 17.5 Å². The Hall–Kier alpha value is -3.71. The van der Waals surface area contributed by atoms with E-state index in [1.807, 2.05) is 18.2 Å². The highest BCUT2D eigenvalue weighted by molar-refractivity contribution is 6.31. The van der Waals surface area contributed by atoms with Crippen molar-refractivity contribution in [3.63, 3.8) is 0 Å². The number of nitrogens with zero attached hydrogens (tertiary/aromatic N) is 2. The second-order valence-corrected chi connectivity index (χ2v) is 6.73. The summed E-state index contributed by atoms with van der Waals surface area (Å²) in [5, 5.41) is 15.0. The average molecular weight is 405 g/mol. The third kappa shape index (κ3) is 3.68. The Morgan fingerprint density at radius 3 is 2.69 bits per heavy atom. The predicted octanol–water partition coefficient (Wildman–Crippen LogP) is 4.32. The zero-order valence-electron chi connectivity index (χ0n) is 15.5. The molecular formula is C21H17ClN6O. The van der Waals surface area contributed by atoms with Gasteiger partial charge in [0.1, 0.15) is 11.2 Å². The molecule has 0 aliphatic heterocycles. The lowest BCUT2D eigenvalue weighted by Crippen LogP contribution is -2.12. The van der Waals surface area contributed by atoms with Crippen molar-refractivity contribution in [3.05, 3.63) is 82.8 Å². The van der Waals surface area contributed by atoms with Crippen LogP contribution in [-0.4, -0.2) is 33.6 Å². The van der Waals surface area contributed by atoms with Crippen LogP contribution in [0.3, 0.4) is 0 Å². The maximum absolute atomic E-state index is 12.7. The minimum atomic E-state index is -0.303. The fourth-order valence-electron chi connectivity index (χ4n) is 2.98. The molecule has 2 aromatic heterocycles. The van der Waals surface area contributed by atoms with Gasteiger partial charge < -0.3 is 15.6 Å². The summed E-state index contributed by atoms with van der Waals surface area (Å²) >= 11 is 6.04. The summed E-state index contributed by atoms with van der Waals surface area (Å²) in [4.78, 5) is 24.5. The molecule has 144 valence electrons. The smallest absolute Gasteiger partial charge is 0.259 e. The molecule has 0 aliphatic carbocycles. The predicted molar refractivity (Wildman–Crippen MR) is 115 cm³/mol. The van der Waals surface area contributed by atoms with Crippen LogP contribution in [0, 0.1) is 5.41 Å². The Bertz CT molecular complexity index is 1220. The zero-order chi connectivity index (χ0) is 20.4. The van der Waals surface area contributed by atoms with E-state index in [1.165, 1.54) is 6.20 Å². The van der Waals surface area contributed by atoms with Gasteiger partial charge in [0.15, 0.2) is 5.65 Å².